The maximum absolute atomic E-state index is 11.2. The van der Waals surface area contributed by atoms with Crippen molar-refractivity contribution >= 4 is 23.7 Å². The van der Waals surface area contributed by atoms with Gasteiger partial charge in [0, 0.05) is 4.90 Å². The first kappa shape index (κ1) is 13.5. The minimum atomic E-state index is -0.853. The van der Waals surface area contributed by atoms with Gasteiger partial charge in [0.2, 0.25) is 5.91 Å². The van der Waals surface area contributed by atoms with Gasteiger partial charge >= 0.3 is 6.03 Å². The van der Waals surface area contributed by atoms with Crippen LogP contribution >= 0.6 is 11.8 Å². The number of nitrogens with one attached hydrogen (secondary N) is 1. The fourth-order valence-electron chi connectivity index (χ4n) is 1.19. The molecule has 17 heavy (non-hydrogen) atoms. The summed E-state index contributed by atoms with van der Waals surface area (Å²) in [5.74, 6) is -0.336. The zero-order valence-corrected chi connectivity index (χ0v) is 10.2. The molecule has 1 rings (SSSR count). The van der Waals surface area contributed by atoms with Gasteiger partial charge in [-0.2, -0.15) is 0 Å². The Balaban J connectivity index is 2.54. The minimum Gasteiger partial charge on any atom is -0.389 e. The molecular weight excluding hydrogens is 240 g/mol. The van der Waals surface area contributed by atoms with Crippen LogP contribution < -0.4 is 11.1 Å². The predicted octanol–water partition coefficient (Wildman–Crippen LogP) is 1.03. The zero-order valence-electron chi connectivity index (χ0n) is 9.34. The fraction of sp³-hybridized carbons (Fsp3) is 0.273. The molecule has 0 bridgehead atoms. The summed E-state index contributed by atoms with van der Waals surface area (Å²) < 4.78 is 0. The molecule has 0 aliphatic rings. The highest BCUT2D eigenvalue weighted by atomic mass is 32.2. The molecule has 0 saturated carbocycles. The Labute approximate surface area is 103 Å². The van der Waals surface area contributed by atoms with Crippen molar-refractivity contribution in [3.8, 4) is 0 Å². The maximum atomic E-state index is 11.2. The molecule has 6 heteroatoms. The van der Waals surface area contributed by atoms with E-state index in [-0.39, 0.29) is 5.75 Å². The largest absolute Gasteiger partial charge is 0.389 e. The quantitative estimate of drug-likeness (QED) is 0.700. The van der Waals surface area contributed by atoms with E-state index in [0.29, 0.717) is 0 Å². The van der Waals surface area contributed by atoms with Gasteiger partial charge in [-0.3, -0.25) is 10.1 Å². The van der Waals surface area contributed by atoms with Gasteiger partial charge in [0.1, 0.15) is 0 Å². The van der Waals surface area contributed by atoms with E-state index in [1.165, 1.54) is 11.8 Å². The molecule has 4 N–H and O–H groups in total. The summed E-state index contributed by atoms with van der Waals surface area (Å²) in [5.41, 5.74) is 5.60. The molecular formula is C11H14N2O3S. The van der Waals surface area contributed by atoms with Gasteiger partial charge in [-0.25, -0.2) is 4.79 Å². The fourth-order valence-corrected chi connectivity index (χ4v) is 1.95. The van der Waals surface area contributed by atoms with Crippen LogP contribution in [0.1, 0.15) is 18.6 Å². The lowest BCUT2D eigenvalue weighted by Crippen LogP contribution is -2.36. The lowest BCUT2D eigenvalue weighted by molar-refractivity contribution is -0.117. The molecule has 0 aromatic heterocycles. The third kappa shape index (κ3) is 4.88. The monoisotopic (exact) mass is 254 g/mol. The highest BCUT2D eigenvalue weighted by molar-refractivity contribution is 8.00. The number of carbonyl (C=O) groups excluding carboxylic acids is 2. The Kier molecular flexibility index (Phi) is 4.99. The highest BCUT2D eigenvalue weighted by Gasteiger charge is 2.06. The first-order chi connectivity index (χ1) is 7.99. The van der Waals surface area contributed by atoms with Gasteiger partial charge in [-0.1, -0.05) is 12.1 Å². The number of primary amides is 1. The number of thioether (sulfide) groups is 1. The Morgan fingerprint density at radius 3 is 2.82 bits per heavy atom. The number of aliphatic hydroxyl groups excluding tert-OH is 1. The minimum absolute atomic E-state index is 0.103. The first-order valence-electron chi connectivity index (χ1n) is 4.99. The summed E-state index contributed by atoms with van der Waals surface area (Å²) in [6.45, 7) is 1.67. The van der Waals surface area contributed by atoms with E-state index < -0.39 is 18.0 Å². The van der Waals surface area contributed by atoms with Gasteiger partial charge in [-0.05, 0) is 24.6 Å². The highest BCUT2D eigenvalue weighted by Crippen LogP contribution is 2.21. The van der Waals surface area contributed by atoms with Crippen LogP contribution in [0.3, 0.4) is 0 Å². The molecule has 0 aliphatic carbocycles. The van der Waals surface area contributed by atoms with E-state index in [0.717, 1.165) is 10.5 Å². The second-order valence-electron chi connectivity index (χ2n) is 3.45. The van der Waals surface area contributed by atoms with Crippen LogP contribution in [0, 0.1) is 0 Å². The van der Waals surface area contributed by atoms with Crippen molar-refractivity contribution in [3.63, 3.8) is 0 Å². The molecule has 3 amide bonds. The lowest BCUT2D eigenvalue weighted by Gasteiger charge is -2.07. The smallest absolute Gasteiger partial charge is 0.318 e. The summed E-state index contributed by atoms with van der Waals surface area (Å²) in [4.78, 5) is 22.4. The number of imide groups is 1. The van der Waals surface area contributed by atoms with Crippen molar-refractivity contribution < 1.29 is 14.7 Å². The van der Waals surface area contributed by atoms with Crippen LogP contribution in [-0.4, -0.2) is 22.8 Å². The normalized spacial score (nSPS) is 11.9. The van der Waals surface area contributed by atoms with E-state index >= 15 is 0 Å². The van der Waals surface area contributed by atoms with Gasteiger partial charge in [-0.15, -0.1) is 11.8 Å². The molecule has 1 atom stereocenters. The van der Waals surface area contributed by atoms with Gasteiger partial charge in [0.25, 0.3) is 0 Å². The number of hydrogen-bond donors (Lipinski definition) is 3. The van der Waals surface area contributed by atoms with Crippen LogP contribution in [0.5, 0.6) is 0 Å². The van der Waals surface area contributed by atoms with Crippen molar-refractivity contribution in [1.29, 1.82) is 0 Å². The number of benzene rings is 1. The second-order valence-corrected chi connectivity index (χ2v) is 4.50. The molecule has 0 fully saturated rings. The van der Waals surface area contributed by atoms with Crippen molar-refractivity contribution in [3.05, 3.63) is 29.8 Å². The van der Waals surface area contributed by atoms with Gasteiger partial charge in [0.05, 0.1) is 11.9 Å². The topological polar surface area (TPSA) is 92.4 Å². The lowest BCUT2D eigenvalue weighted by atomic mass is 10.1. The molecule has 1 aromatic carbocycles. The number of urea groups is 1. The number of rotatable bonds is 4. The van der Waals surface area contributed by atoms with E-state index in [1.54, 1.807) is 25.1 Å². The van der Waals surface area contributed by atoms with E-state index in [2.05, 4.69) is 0 Å². The van der Waals surface area contributed by atoms with Crippen molar-refractivity contribution in [1.82, 2.24) is 5.32 Å². The van der Waals surface area contributed by atoms with E-state index in [9.17, 15) is 14.7 Å². The van der Waals surface area contributed by atoms with Crippen LogP contribution in [0.4, 0.5) is 4.79 Å². The average Bonchev–Trinajstić information content (AvgIpc) is 2.26. The maximum Gasteiger partial charge on any atom is 0.318 e. The second kappa shape index (κ2) is 6.27. The number of nitrogens with two attached hydrogens (primary N) is 1. The third-order valence-electron chi connectivity index (χ3n) is 1.97. The molecule has 0 spiro atoms. The number of hydrogen-bond acceptors (Lipinski definition) is 4. The van der Waals surface area contributed by atoms with Crippen LogP contribution in [0.15, 0.2) is 29.2 Å². The summed E-state index contributed by atoms with van der Waals surface area (Å²) >= 11 is 1.27. The molecule has 5 nitrogen and oxygen atoms in total. The molecule has 0 radical (unpaired) electrons. The van der Waals surface area contributed by atoms with Crippen molar-refractivity contribution in [2.24, 2.45) is 5.73 Å². The Morgan fingerprint density at radius 2 is 2.24 bits per heavy atom. The van der Waals surface area contributed by atoms with Crippen LogP contribution in [-0.2, 0) is 4.79 Å². The molecule has 0 aliphatic heterocycles. The van der Waals surface area contributed by atoms with Gasteiger partial charge in [0.15, 0.2) is 0 Å². The molecule has 0 heterocycles. The first-order valence-corrected chi connectivity index (χ1v) is 5.97. The SMILES string of the molecule is CC(O)c1cccc(SCC(=O)NC(N)=O)c1. The van der Waals surface area contributed by atoms with E-state index in [1.807, 2.05) is 11.4 Å². The standard InChI is InChI=1S/C11H14N2O3S/c1-7(14)8-3-2-4-9(5-8)17-6-10(15)13-11(12)16/h2-5,7,14H,6H2,1H3,(H3,12,13,15,16). The number of aliphatic hydroxyl groups is 1. The van der Waals surface area contributed by atoms with Gasteiger partial charge < -0.3 is 10.8 Å². The Morgan fingerprint density at radius 1 is 1.53 bits per heavy atom. The summed E-state index contributed by atoms with van der Waals surface area (Å²) in [6, 6.07) is 6.38. The summed E-state index contributed by atoms with van der Waals surface area (Å²) in [5, 5.41) is 11.4. The van der Waals surface area contributed by atoms with Crippen molar-refractivity contribution in [2.45, 2.75) is 17.9 Å². The molecule has 0 saturated heterocycles. The zero-order chi connectivity index (χ0) is 12.8. The molecule has 1 aromatic rings. The summed E-state index contributed by atoms with van der Waals surface area (Å²) in [7, 11) is 0. The third-order valence-corrected chi connectivity index (χ3v) is 2.97. The van der Waals surface area contributed by atoms with Crippen molar-refractivity contribution in [2.75, 3.05) is 5.75 Å². The average molecular weight is 254 g/mol. The predicted molar refractivity (Wildman–Crippen MR) is 65.5 cm³/mol. The molecule has 1 unspecified atom stereocenters. The number of carbonyl (C=O) groups is 2. The molecule has 92 valence electrons. The van der Waals surface area contributed by atoms with E-state index in [4.69, 9.17) is 5.73 Å². The Bertz CT molecular complexity index is 421. The summed E-state index contributed by atoms with van der Waals surface area (Å²) in [6.07, 6.45) is -0.546. The Hall–Kier alpha value is -1.53. The van der Waals surface area contributed by atoms with Crippen LogP contribution in [0.2, 0.25) is 0 Å². The number of amides is 3. The van der Waals surface area contributed by atoms with Crippen LogP contribution in [0.25, 0.3) is 0 Å².